The third-order valence-electron chi connectivity index (χ3n) is 5.73. The first-order chi connectivity index (χ1) is 15.0. The van der Waals surface area contributed by atoms with Gasteiger partial charge in [0.2, 0.25) is 5.91 Å². The number of amides is 3. The van der Waals surface area contributed by atoms with Crippen molar-refractivity contribution in [3.05, 3.63) is 77.6 Å². The van der Waals surface area contributed by atoms with Crippen LogP contribution in [0.2, 0.25) is 0 Å². The molecule has 3 amide bonds. The lowest BCUT2D eigenvalue weighted by Crippen LogP contribution is -2.58. The van der Waals surface area contributed by atoms with Gasteiger partial charge < -0.3 is 10.6 Å². The highest BCUT2D eigenvalue weighted by Crippen LogP contribution is 2.28. The lowest BCUT2D eigenvalue weighted by molar-refractivity contribution is -0.130. The van der Waals surface area contributed by atoms with Gasteiger partial charge in [-0.25, -0.2) is 9.18 Å². The first kappa shape index (κ1) is 23.2. The second kappa shape index (κ2) is 8.94. The third kappa shape index (κ3) is 4.72. The standard InChI is InChI=1S/C25H29FN4O2/c1-17(2)18-10-8-11-20(15-18)24(3,4)29-23(32)30-25(5,13-14-28-30)22(31)27-16-19-9-6-7-12-21(19)26/h6-12,14-15H,1,13,16H2,2-5H3,(H,27,31)(H,29,32). The molecule has 1 aliphatic rings. The normalized spacial score (nSPS) is 17.8. The Kier molecular flexibility index (Phi) is 6.48. The van der Waals surface area contributed by atoms with E-state index in [4.69, 9.17) is 0 Å². The summed E-state index contributed by atoms with van der Waals surface area (Å²) in [5.74, 6) is -0.801. The Morgan fingerprint density at radius 2 is 1.94 bits per heavy atom. The monoisotopic (exact) mass is 436 g/mol. The maximum absolute atomic E-state index is 13.9. The number of urea groups is 1. The molecule has 0 radical (unpaired) electrons. The van der Waals surface area contributed by atoms with Crippen LogP contribution in [0.5, 0.6) is 0 Å². The van der Waals surface area contributed by atoms with Crippen molar-refractivity contribution in [1.82, 2.24) is 15.6 Å². The number of hydrogen-bond donors (Lipinski definition) is 2. The number of carbonyl (C=O) groups excluding carboxylic acids is 2. The molecule has 32 heavy (non-hydrogen) atoms. The molecule has 1 unspecified atom stereocenters. The Morgan fingerprint density at radius 1 is 1.22 bits per heavy atom. The van der Waals surface area contributed by atoms with Crippen molar-refractivity contribution in [2.75, 3.05) is 0 Å². The molecule has 0 saturated carbocycles. The van der Waals surface area contributed by atoms with Crippen molar-refractivity contribution in [2.24, 2.45) is 5.10 Å². The predicted molar refractivity (Wildman–Crippen MR) is 124 cm³/mol. The van der Waals surface area contributed by atoms with Crippen molar-refractivity contribution in [3.8, 4) is 0 Å². The average Bonchev–Trinajstić information content (AvgIpc) is 3.16. The maximum Gasteiger partial charge on any atom is 0.339 e. The van der Waals surface area contributed by atoms with E-state index in [1.54, 1.807) is 25.1 Å². The molecule has 168 valence electrons. The van der Waals surface area contributed by atoms with Crippen molar-refractivity contribution < 1.29 is 14.0 Å². The first-order valence-corrected chi connectivity index (χ1v) is 10.5. The molecule has 0 aromatic heterocycles. The van der Waals surface area contributed by atoms with Crippen LogP contribution in [0.4, 0.5) is 9.18 Å². The number of nitrogens with zero attached hydrogens (tertiary/aromatic N) is 2. The lowest BCUT2D eigenvalue weighted by Gasteiger charge is -2.35. The molecule has 2 N–H and O–H groups in total. The highest BCUT2D eigenvalue weighted by atomic mass is 19.1. The molecule has 0 fully saturated rings. The molecule has 1 heterocycles. The molecule has 6 nitrogen and oxygen atoms in total. The number of carbonyl (C=O) groups is 2. The summed E-state index contributed by atoms with van der Waals surface area (Å²) in [6, 6.07) is 13.5. The highest BCUT2D eigenvalue weighted by molar-refractivity contribution is 5.95. The van der Waals surface area contributed by atoms with Gasteiger partial charge in [0, 0.05) is 24.7 Å². The molecule has 3 rings (SSSR count). The molecule has 2 aromatic carbocycles. The Hall–Kier alpha value is -3.48. The minimum absolute atomic E-state index is 0.0236. The fourth-order valence-electron chi connectivity index (χ4n) is 3.55. The van der Waals surface area contributed by atoms with Crippen LogP contribution >= 0.6 is 0 Å². The van der Waals surface area contributed by atoms with E-state index >= 15 is 0 Å². The Labute approximate surface area is 188 Å². The molecule has 7 heteroatoms. The van der Waals surface area contributed by atoms with Crippen LogP contribution in [-0.4, -0.2) is 28.7 Å². The second-order valence-corrected chi connectivity index (χ2v) is 8.78. The van der Waals surface area contributed by atoms with Gasteiger partial charge in [0.25, 0.3) is 0 Å². The van der Waals surface area contributed by atoms with Gasteiger partial charge in [0.05, 0.1) is 5.54 Å². The topological polar surface area (TPSA) is 73.8 Å². The zero-order chi connectivity index (χ0) is 23.5. The van der Waals surface area contributed by atoms with Gasteiger partial charge in [0.1, 0.15) is 11.4 Å². The SMILES string of the molecule is C=C(C)c1cccc(C(C)(C)NC(=O)N2N=CCC2(C)C(=O)NCc2ccccc2F)c1. The summed E-state index contributed by atoms with van der Waals surface area (Å²) in [7, 11) is 0. The van der Waals surface area contributed by atoms with E-state index in [9.17, 15) is 14.0 Å². The third-order valence-corrected chi connectivity index (χ3v) is 5.73. The molecule has 0 aliphatic carbocycles. The van der Waals surface area contributed by atoms with Crippen LogP contribution in [0.3, 0.4) is 0 Å². The van der Waals surface area contributed by atoms with Crippen molar-refractivity contribution in [3.63, 3.8) is 0 Å². The molecule has 0 spiro atoms. The van der Waals surface area contributed by atoms with Gasteiger partial charge in [0.15, 0.2) is 0 Å². The van der Waals surface area contributed by atoms with Crippen LogP contribution in [0.15, 0.2) is 60.2 Å². The van der Waals surface area contributed by atoms with Crippen molar-refractivity contribution in [1.29, 1.82) is 0 Å². The molecular weight excluding hydrogens is 407 g/mol. The summed E-state index contributed by atoms with van der Waals surface area (Å²) < 4.78 is 13.9. The van der Waals surface area contributed by atoms with Crippen molar-refractivity contribution >= 4 is 23.7 Å². The van der Waals surface area contributed by atoms with E-state index in [0.29, 0.717) is 5.56 Å². The summed E-state index contributed by atoms with van der Waals surface area (Å²) in [4.78, 5) is 26.1. The minimum Gasteiger partial charge on any atom is -0.350 e. The zero-order valence-corrected chi connectivity index (χ0v) is 18.9. The molecule has 2 aromatic rings. The van der Waals surface area contributed by atoms with Crippen LogP contribution < -0.4 is 10.6 Å². The van der Waals surface area contributed by atoms with Crippen molar-refractivity contribution in [2.45, 2.75) is 51.7 Å². The average molecular weight is 437 g/mol. The smallest absolute Gasteiger partial charge is 0.339 e. The van der Waals surface area contributed by atoms with Gasteiger partial charge in [-0.2, -0.15) is 10.1 Å². The summed E-state index contributed by atoms with van der Waals surface area (Å²) in [5.41, 5.74) is 1.26. The van der Waals surface area contributed by atoms with E-state index in [2.05, 4.69) is 22.3 Å². The molecule has 0 saturated heterocycles. The van der Waals surface area contributed by atoms with E-state index in [1.807, 2.05) is 45.0 Å². The van der Waals surface area contributed by atoms with Crippen LogP contribution in [-0.2, 0) is 16.9 Å². The van der Waals surface area contributed by atoms with Gasteiger partial charge in [-0.3, -0.25) is 4.79 Å². The lowest BCUT2D eigenvalue weighted by atomic mass is 9.91. The largest absolute Gasteiger partial charge is 0.350 e. The fraction of sp³-hybridized carbons (Fsp3) is 0.320. The van der Waals surface area contributed by atoms with Gasteiger partial charge in [-0.15, -0.1) is 0 Å². The molecule has 1 aliphatic heterocycles. The molecule has 1 atom stereocenters. The molecular formula is C25H29FN4O2. The van der Waals surface area contributed by atoms with Crippen LogP contribution in [0.1, 0.15) is 50.8 Å². The van der Waals surface area contributed by atoms with Gasteiger partial charge in [-0.05, 0) is 51.0 Å². The minimum atomic E-state index is -1.22. The number of benzene rings is 2. The predicted octanol–water partition coefficient (Wildman–Crippen LogP) is 4.57. The first-order valence-electron chi connectivity index (χ1n) is 10.5. The Morgan fingerprint density at radius 3 is 2.62 bits per heavy atom. The number of rotatable bonds is 6. The maximum atomic E-state index is 13.9. The zero-order valence-electron chi connectivity index (χ0n) is 18.9. The number of nitrogens with one attached hydrogen (secondary N) is 2. The second-order valence-electron chi connectivity index (χ2n) is 8.78. The Bertz CT molecular complexity index is 1080. The molecule has 0 bridgehead atoms. The number of hydrazone groups is 1. The quantitative estimate of drug-likeness (QED) is 0.696. The van der Waals surface area contributed by atoms with Gasteiger partial charge >= 0.3 is 6.03 Å². The summed E-state index contributed by atoms with van der Waals surface area (Å²) in [5, 5.41) is 11.0. The van der Waals surface area contributed by atoms with E-state index in [0.717, 1.165) is 21.7 Å². The highest BCUT2D eigenvalue weighted by Gasteiger charge is 2.46. The summed E-state index contributed by atoms with van der Waals surface area (Å²) >= 11 is 0. The van der Waals surface area contributed by atoms with Gasteiger partial charge in [-0.1, -0.05) is 48.6 Å². The number of halogens is 1. The summed E-state index contributed by atoms with van der Waals surface area (Å²) in [6.45, 7) is 11.3. The van der Waals surface area contributed by atoms with E-state index in [1.165, 1.54) is 12.3 Å². The van der Waals surface area contributed by atoms with E-state index < -0.39 is 28.8 Å². The van der Waals surface area contributed by atoms with Crippen LogP contribution in [0, 0.1) is 5.82 Å². The van der Waals surface area contributed by atoms with Crippen LogP contribution in [0.25, 0.3) is 5.57 Å². The fourth-order valence-corrected chi connectivity index (χ4v) is 3.55. The Balaban J connectivity index is 1.73. The van der Waals surface area contributed by atoms with E-state index in [-0.39, 0.29) is 13.0 Å². The number of allylic oxidation sites excluding steroid dienone is 1. The number of hydrogen-bond acceptors (Lipinski definition) is 3. The summed E-state index contributed by atoms with van der Waals surface area (Å²) in [6.07, 6.45) is 1.80.